The van der Waals surface area contributed by atoms with Crippen molar-refractivity contribution in [2.45, 2.75) is 16.9 Å². The van der Waals surface area contributed by atoms with E-state index in [4.69, 9.17) is 0 Å². The van der Waals surface area contributed by atoms with Crippen molar-refractivity contribution in [2.24, 2.45) is 0 Å². The van der Waals surface area contributed by atoms with E-state index in [0.29, 0.717) is 0 Å². The van der Waals surface area contributed by atoms with Crippen LogP contribution in [0.5, 0.6) is 0 Å². The largest absolute Gasteiger partial charge is 0.454 e. The van der Waals surface area contributed by atoms with Gasteiger partial charge in [0, 0.05) is 11.6 Å². The molecule has 0 radical (unpaired) electrons. The topological polar surface area (TPSA) is 0 Å². The number of alkyl halides is 6. The molecule has 0 amide bonds. The van der Waals surface area contributed by atoms with Gasteiger partial charge in [0.2, 0.25) is 0 Å². The Kier molecular flexibility index (Phi) is 3.94. The van der Waals surface area contributed by atoms with Crippen LogP contribution in [0.15, 0.2) is 12.1 Å². The quantitative estimate of drug-likeness (QED) is 0.414. The summed E-state index contributed by atoms with van der Waals surface area (Å²) in [5, 5.41) is 0. The molecule has 0 nitrogen and oxygen atoms in total. The maximum absolute atomic E-state index is 13.1. The van der Waals surface area contributed by atoms with E-state index in [-0.39, 0.29) is 12.1 Å². The minimum absolute atomic E-state index is 0.0519. The van der Waals surface area contributed by atoms with Crippen LogP contribution >= 0.6 is 15.9 Å². The predicted molar refractivity (Wildman–Crippen MR) is 49.0 cm³/mol. The Hall–Kier alpha value is -0.860. The summed E-state index contributed by atoms with van der Waals surface area (Å²) in [7, 11) is 0. The molecule has 1 rings (SSSR count). The number of benzene rings is 1. The number of hydrogen-bond donors (Lipinski definition) is 0. The first-order chi connectivity index (χ1) is 7.98. The smallest absolute Gasteiger partial charge is 0.207 e. The minimum Gasteiger partial charge on any atom is -0.207 e. The second kappa shape index (κ2) is 4.67. The number of rotatable bonds is 2. The summed E-state index contributed by atoms with van der Waals surface area (Å²) >= 11 is 1.95. The van der Waals surface area contributed by atoms with E-state index in [2.05, 4.69) is 0 Å². The van der Waals surface area contributed by atoms with Gasteiger partial charge in [0.05, 0.1) is 0 Å². The lowest BCUT2D eigenvalue weighted by molar-refractivity contribution is -0.281. The van der Waals surface area contributed by atoms with E-state index in [1.807, 2.05) is 15.9 Å². The predicted octanol–water partition coefficient (Wildman–Crippen LogP) is 4.74. The van der Waals surface area contributed by atoms with Gasteiger partial charge in [-0.2, -0.15) is 22.0 Å². The van der Waals surface area contributed by atoms with Gasteiger partial charge in [-0.1, -0.05) is 15.9 Å². The highest BCUT2D eigenvalue weighted by atomic mass is 79.9. The molecule has 0 spiro atoms. The number of hydrogen-bond acceptors (Lipinski definition) is 0. The molecule has 0 heterocycles. The summed E-state index contributed by atoms with van der Waals surface area (Å²) in [4.78, 5) is -2.86. The van der Waals surface area contributed by atoms with Gasteiger partial charge in [0.25, 0.3) is 0 Å². The van der Waals surface area contributed by atoms with E-state index in [0.717, 1.165) is 0 Å². The van der Waals surface area contributed by atoms with Gasteiger partial charge < -0.3 is 0 Å². The molecule has 1 unspecified atom stereocenters. The highest BCUT2D eigenvalue weighted by Gasteiger charge is 2.62. The minimum atomic E-state index is -5.96. The molecule has 1 atom stereocenters. The molecule has 0 N–H and O–H groups in total. The molecule has 1 aromatic rings. The van der Waals surface area contributed by atoms with Crippen LogP contribution in [0.1, 0.15) is 10.4 Å². The fraction of sp³-hybridized carbons (Fsp3) is 0.333. The van der Waals surface area contributed by atoms with Gasteiger partial charge in [-0.3, -0.25) is 0 Å². The maximum atomic E-state index is 13.1. The second-order valence-electron chi connectivity index (χ2n) is 3.27. The van der Waals surface area contributed by atoms with Gasteiger partial charge in [-0.25, -0.2) is 13.2 Å². The maximum Gasteiger partial charge on any atom is 0.454 e. The van der Waals surface area contributed by atoms with Crippen molar-refractivity contribution in [3.63, 3.8) is 0 Å². The monoisotopic (exact) mass is 342 g/mol. The lowest BCUT2D eigenvalue weighted by atomic mass is 10.1. The summed E-state index contributed by atoms with van der Waals surface area (Å²) in [5.41, 5.74) is -1.32. The molecule has 0 aromatic heterocycles. The van der Waals surface area contributed by atoms with Gasteiger partial charge in [0.15, 0.2) is 11.6 Å². The average molecular weight is 343 g/mol. The fourth-order valence-electron chi connectivity index (χ4n) is 1.07. The van der Waals surface area contributed by atoms with Gasteiger partial charge in [0.1, 0.15) is 10.6 Å². The van der Waals surface area contributed by atoms with Gasteiger partial charge in [-0.05, 0) is 6.07 Å². The standard InChI is InChI=1S/C9H3BrF8/c10-7(8(14,15)9(16,17)18)3-1-5(12)6(13)2-4(3)11/h1-2,7H. The summed E-state index contributed by atoms with van der Waals surface area (Å²) in [6.07, 6.45) is -5.96. The Morgan fingerprint density at radius 1 is 0.833 bits per heavy atom. The zero-order valence-corrected chi connectivity index (χ0v) is 9.72. The Morgan fingerprint density at radius 3 is 1.72 bits per heavy atom. The van der Waals surface area contributed by atoms with Crippen molar-refractivity contribution in [1.82, 2.24) is 0 Å². The molecular weight excluding hydrogens is 340 g/mol. The van der Waals surface area contributed by atoms with Crippen molar-refractivity contribution >= 4 is 15.9 Å². The van der Waals surface area contributed by atoms with E-state index in [9.17, 15) is 35.1 Å². The first-order valence-electron chi connectivity index (χ1n) is 4.21. The molecular formula is C9H3BrF8. The zero-order chi connectivity index (χ0) is 14.3. The average Bonchev–Trinajstić information content (AvgIpc) is 2.20. The first-order valence-corrected chi connectivity index (χ1v) is 5.13. The lowest BCUT2D eigenvalue weighted by Gasteiger charge is -2.25. The molecule has 18 heavy (non-hydrogen) atoms. The molecule has 102 valence electrons. The molecule has 0 bridgehead atoms. The van der Waals surface area contributed by atoms with E-state index in [1.165, 1.54) is 0 Å². The summed E-state index contributed by atoms with van der Waals surface area (Å²) < 4.78 is 100. The third kappa shape index (κ3) is 2.60. The molecule has 0 saturated heterocycles. The summed E-state index contributed by atoms with van der Waals surface area (Å²) in [5.74, 6) is -10.5. The normalized spacial score (nSPS) is 14.7. The van der Waals surface area contributed by atoms with Crippen LogP contribution in [0.25, 0.3) is 0 Å². The van der Waals surface area contributed by atoms with Crippen LogP contribution in [0.2, 0.25) is 0 Å². The van der Waals surface area contributed by atoms with Gasteiger partial charge >= 0.3 is 12.1 Å². The molecule has 0 aliphatic carbocycles. The molecule has 0 saturated carbocycles. The van der Waals surface area contributed by atoms with Crippen LogP contribution in [0.4, 0.5) is 35.1 Å². The lowest BCUT2D eigenvalue weighted by Crippen LogP contribution is -2.40. The van der Waals surface area contributed by atoms with E-state index < -0.39 is 39.9 Å². The van der Waals surface area contributed by atoms with E-state index in [1.54, 1.807) is 0 Å². The molecule has 0 aliphatic rings. The Morgan fingerprint density at radius 2 is 1.28 bits per heavy atom. The highest BCUT2D eigenvalue weighted by Crippen LogP contribution is 2.49. The first kappa shape index (κ1) is 15.2. The highest BCUT2D eigenvalue weighted by molar-refractivity contribution is 9.09. The fourth-order valence-corrected chi connectivity index (χ4v) is 1.68. The Labute approximate surface area is 104 Å². The third-order valence-electron chi connectivity index (χ3n) is 2.01. The molecule has 1 aromatic carbocycles. The van der Waals surface area contributed by atoms with Crippen LogP contribution in [0.3, 0.4) is 0 Å². The van der Waals surface area contributed by atoms with Crippen LogP contribution in [0, 0.1) is 17.5 Å². The van der Waals surface area contributed by atoms with Crippen LogP contribution in [-0.4, -0.2) is 12.1 Å². The summed E-state index contributed by atoms with van der Waals surface area (Å²) in [6, 6.07) is -0.158. The summed E-state index contributed by atoms with van der Waals surface area (Å²) in [6.45, 7) is 0. The molecule has 0 aliphatic heterocycles. The SMILES string of the molecule is Fc1cc(F)c(C(Br)C(F)(F)C(F)(F)F)cc1F. The van der Waals surface area contributed by atoms with Crippen molar-refractivity contribution in [1.29, 1.82) is 0 Å². The van der Waals surface area contributed by atoms with Crippen molar-refractivity contribution < 1.29 is 35.1 Å². The van der Waals surface area contributed by atoms with Crippen LogP contribution in [-0.2, 0) is 0 Å². The zero-order valence-electron chi connectivity index (χ0n) is 8.13. The molecule has 0 fully saturated rings. The second-order valence-corrected chi connectivity index (χ2v) is 4.19. The van der Waals surface area contributed by atoms with Crippen molar-refractivity contribution in [3.8, 4) is 0 Å². The Balaban J connectivity index is 3.27. The number of halogens is 9. The van der Waals surface area contributed by atoms with Gasteiger partial charge in [-0.15, -0.1) is 0 Å². The van der Waals surface area contributed by atoms with E-state index >= 15 is 0 Å². The van der Waals surface area contributed by atoms with Crippen molar-refractivity contribution in [3.05, 3.63) is 35.1 Å². The van der Waals surface area contributed by atoms with Crippen molar-refractivity contribution in [2.75, 3.05) is 0 Å². The van der Waals surface area contributed by atoms with Crippen LogP contribution < -0.4 is 0 Å². The third-order valence-corrected chi connectivity index (χ3v) is 3.08. The molecule has 9 heteroatoms. The Bertz CT molecular complexity index is 453.